The smallest absolute Gasteiger partial charge is 0.353 e. The number of nitrogens with one attached hydrogen (secondary N) is 2. The summed E-state index contributed by atoms with van der Waals surface area (Å²) in [4.78, 5) is 22.6. The third-order valence-corrected chi connectivity index (χ3v) is 2.75. The number of rotatable bonds is 7. The molecule has 1 atom stereocenters. The SMILES string of the molecule is COCC(C)Nc1ncnc(Nc2ccncc2)c1[N+](=O)[O-]. The zero-order valence-electron chi connectivity index (χ0n) is 12.2. The number of nitrogens with zero attached hydrogens (tertiary/aromatic N) is 4. The number of methoxy groups -OCH3 is 1. The van der Waals surface area contributed by atoms with Gasteiger partial charge in [-0.1, -0.05) is 0 Å². The van der Waals surface area contributed by atoms with Gasteiger partial charge in [0.05, 0.1) is 11.5 Å². The summed E-state index contributed by atoms with van der Waals surface area (Å²) in [5.41, 5.74) is 0.426. The van der Waals surface area contributed by atoms with E-state index in [1.54, 1.807) is 31.6 Å². The van der Waals surface area contributed by atoms with Crippen LogP contribution < -0.4 is 10.6 Å². The monoisotopic (exact) mass is 304 g/mol. The zero-order valence-corrected chi connectivity index (χ0v) is 12.2. The van der Waals surface area contributed by atoms with Crippen LogP contribution in [0, 0.1) is 10.1 Å². The van der Waals surface area contributed by atoms with Crippen molar-refractivity contribution in [1.82, 2.24) is 15.0 Å². The fraction of sp³-hybridized carbons (Fsp3) is 0.308. The maximum Gasteiger partial charge on any atom is 0.353 e. The molecule has 9 heteroatoms. The molecule has 116 valence electrons. The second-order valence-corrected chi connectivity index (χ2v) is 4.54. The maximum absolute atomic E-state index is 11.4. The molecule has 0 saturated carbocycles. The van der Waals surface area contributed by atoms with Crippen LogP contribution in [0.5, 0.6) is 0 Å². The van der Waals surface area contributed by atoms with Gasteiger partial charge in [-0.3, -0.25) is 15.1 Å². The van der Waals surface area contributed by atoms with Gasteiger partial charge in [0.15, 0.2) is 0 Å². The van der Waals surface area contributed by atoms with Gasteiger partial charge in [0.25, 0.3) is 0 Å². The van der Waals surface area contributed by atoms with E-state index in [9.17, 15) is 10.1 Å². The van der Waals surface area contributed by atoms with Gasteiger partial charge in [0, 0.05) is 31.2 Å². The van der Waals surface area contributed by atoms with Gasteiger partial charge in [-0.15, -0.1) is 0 Å². The largest absolute Gasteiger partial charge is 0.383 e. The van der Waals surface area contributed by atoms with Crippen LogP contribution in [0.2, 0.25) is 0 Å². The molecule has 9 nitrogen and oxygen atoms in total. The van der Waals surface area contributed by atoms with Crippen LogP contribution in [0.15, 0.2) is 30.9 Å². The molecule has 2 N–H and O–H groups in total. The van der Waals surface area contributed by atoms with Gasteiger partial charge in [-0.05, 0) is 19.1 Å². The Morgan fingerprint density at radius 2 is 2.00 bits per heavy atom. The van der Waals surface area contributed by atoms with Crippen molar-refractivity contribution in [2.24, 2.45) is 0 Å². The molecule has 22 heavy (non-hydrogen) atoms. The van der Waals surface area contributed by atoms with Crippen molar-refractivity contribution in [2.45, 2.75) is 13.0 Å². The number of ether oxygens (including phenoxy) is 1. The lowest BCUT2D eigenvalue weighted by Gasteiger charge is -2.14. The van der Waals surface area contributed by atoms with Crippen molar-refractivity contribution >= 4 is 23.0 Å². The molecule has 0 aromatic carbocycles. The number of hydrogen-bond donors (Lipinski definition) is 2. The summed E-state index contributed by atoms with van der Waals surface area (Å²) in [5.74, 6) is 0.249. The molecule has 2 rings (SSSR count). The van der Waals surface area contributed by atoms with Gasteiger partial charge < -0.3 is 15.4 Å². The van der Waals surface area contributed by atoms with E-state index in [1.807, 2.05) is 6.92 Å². The minimum absolute atomic E-state index is 0.110. The van der Waals surface area contributed by atoms with E-state index in [0.29, 0.717) is 12.3 Å². The highest BCUT2D eigenvalue weighted by atomic mass is 16.6. The Bertz CT molecular complexity index is 637. The lowest BCUT2D eigenvalue weighted by molar-refractivity contribution is -0.383. The average Bonchev–Trinajstić information content (AvgIpc) is 2.48. The Kier molecular flexibility index (Phi) is 5.15. The van der Waals surface area contributed by atoms with Crippen molar-refractivity contribution in [3.63, 3.8) is 0 Å². The first-order chi connectivity index (χ1) is 10.6. The van der Waals surface area contributed by atoms with Crippen LogP contribution in [0.3, 0.4) is 0 Å². The molecule has 0 saturated heterocycles. The van der Waals surface area contributed by atoms with Crippen molar-refractivity contribution < 1.29 is 9.66 Å². The summed E-state index contributed by atoms with van der Waals surface area (Å²) in [6.45, 7) is 2.24. The Morgan fingerprint density at radius 1 is 1.32 bits per heavy atom. The molecule has 1 unspecified atom stereocenters. The van der Waals surface area contributed by atoms with Gasteiger partial charge in [-0.2, -0.15) is 0 Å². The van der Waals surface area contributed by atoms with Crippen LogP contribution in [-0.2, 0) is 4.74 Å². The fourth-order valence-electron chi connectivity index (χ4n) is 1.85. The molecule has 2 aromatic rings. The molecule has 0 amide bonds. The molecule has 0 aliphatic rings. The maximum atomic E-state index is 11.4. The first kappa shape index (κ1) is 15.6. The normalized spacial score (nSPS) is 11.7. The third kappa shape index (κ3) is 3.85. The minimum Gasteiger partial charge on any atom is -0.383 e. The molecule has 0 radical (unpaired) electrons. The van der Waals surface area contributed by atoms with Crippen LogP contribution in [0.25, 0.3) is 0 Å². The number of aromatic nitrogens is 3. The van der Waals surface area contributed by atoms with Crippen molar-refractivity contribution in [2.75, 3.05) is 24.4 Å². The summed E-state index contributed by atoms with van der Waals surface area (Å²) in [6, 6.07) is 3.24. The Hall–Kier alpha value is -2.81. The summed E-state index contributed by atoms with van der Waals surface area (Å²) >= 11 is 0. The summed E-state index contributed by atoms with van der Waals surface area (Å²) in [5, 5.41) is 17.2. The van der Waals surface area contributed by atoms with Crippen molar-refractivity contribution in [3.05, 3.63) is 41.0 Å². The van der Waals surface area contributed by atoms with E-state index in [2.05, 4.69) is 25.6 Å². The van der Waals surface area contributed by atoms with E-state index < -0.39 is 4.92 Å². The summed E-state index contributed by atoms with van der Waals surface area (Å²) < 4.78 is 5.00. The predicted octanol–water partition coefficient (Wildman–Crippen LogP) is 1.97. The molecule has 0 aliphatic heterocycles. The number of hydrogen-bond acceptors (Lipinski definition) is 8. The topological polar surface area (TPSA) is 115 Å². The molecule has 0 spiro atoms. The number of nitro groups is 1. The van der Waals surface area contributed by atoms with Crippen LogP contribution in [0.4, 0.5) is 23.0 Å². The summed E-state index contributed by atoms with van der Waals surface area (Å²) in [7, 11) is 1.56. The van der Waals surface area contributed by atoms with Crippen LogP contribution in [0.1, 0.15) is 6.92 Å². The standard InChI is InChI=1S/C13H16N6O3/c1-9(7-22-2)17-12-11(19(20)21)13(16-8-15-12)18-10-3-5-14-6-4-10/h3-6,8-9H,7H2,1-2H3,(H2,14,15,16,17,18). The Labute approximate surface area is 126 Å². The summed E-state index contributed by atoms with van der Waals surface area (Å²) in [6.07, 6.45) is 4.42. The van der Waals surface area contributed by atoms with Gasteiger partial charge >= 0.3 is 5.69 Å². The molecule has 0 bridgehead atoms. The fourth-order valence-corrected chi connectivity index (χ4v) is 1.85. The quantitative estimate of drug-likeness (QED) is 0.589. The molecule has 0 aliphatic carbocycles. The molecular formula is C13H16N6O3. The van der Waals surface area contributed by atoms with E-state index in [4.69, 9.17) is 4.74 Å². The highest BCUT2D eigenvalue weighted by Crippen LogP contribution is 2.31. The van der Waals surface area contributed by atoms with Gasteiger partial charge in [-0.25, -0.2) is 9.97 Å². The van der Waals surface area contributed by atoms with E-state index in [0.717, 1.165) is 0 Å². The third-order valence-electron chi connectivity index (χ3n) is 2.75. The highest BCUT2D eigenvalue weighted by molar-refractivity contribution is 5.73. The van der Waals surface area contributed by atoms with Gasteiger partial charge in [0.1, 0.15) is 6.33 Å². The minimum atomic E-state index is -0.522. The molecule has 2 heterocycles. The first-order valence-corrected chi connectivity index (χ1v) is 6.53. The van der Waals surface area contributed by atoms with Gasteiger partial charge in [0.2, 0.25) is 11.6 Å². The highest BCUT2D eigenvalue weighted by Gasteiger charge is 2.24. The molecular weight excluding hydrogens is 288 g/mol. The Morgan fingerprint density at radius 3 is 2.64 bits per heavy atom. The van der Waals surface area contributed by atoms with Crippen LogP contribution >= 0.6 is 0 Å². The lowest BCUT2D eigenvalue weighted by atomic mass is 10.3. The molecule has 2 aromatic heterocycles. The second kappa shape index (κ2) is 7.27. The molecule has 0 fully saturated rings. The van der Waals surface area contributed by atoms with E-state index >= 15 is 0 Å². The van der Waals surface area contributed by atoms with Crippen LogP contribution in [-0.4, -0.2) is 39.6 Å². The Balaban J connectivity index is 2.32. The average molecular weight is 304 g/mol. The van der Waals surface area contributed by atoms with E-state index in [-0.39, 0.29) is 23.4 Å². The number of anilines is 3. The van der Waals surface area contributed by atoms with E-state index in [1.165, 1.54) is 6.33 Å². The first-order valence-electron chi connectivity index (χ1n) is 6.53. The second-order valence-electron chi connectivity index (χ2n) is 4.54. The van der Waals surface area contributed by atoms with Crippen molar-refractivity contribution in [3.8, 4) is 0 Å². The zero-order chi connectivity index (χ0) is 15.9. The predicted molar refractivity (Wildman–Crippen MR) is 81.2 cm³/mol. The van der Waals surface area contributed by atoms with Crippen molar-refractivity contribution in [1.29, 1.82) is 0 Å². The lowest BCUT2D eigenvalue weighted by Crippen LogP contribution is -2.22. The number of pyridine rings is 1.